The van der Waals surface area contributed by atoms with E-state index in [4.69, 9.17) is 5.11 Å². The van der Waals surface area contributed by atoms with Gasteiger partial charge in [-0.05, 0) is 0 Å². The molecule has 1 rings (SSSR count). The second-order valence-corrected chi connectivity index (χ2v) is 1.83. The van der Waals surface area contributed by atoms with Gasteiger partial charge in [0.2, 0.25) is 5.76 Å². The van der Waals surface area contributed by atoms with Gasteiger partial charge in [-0.3, -0.25) is 0 Å². The van der Waals surface area contributed by atoms with E-state index < -0.39 is 5.97 Å². The minimum absolute atomic E-state index is 0.0463. The molecule has 0 aliphatic rings. The molecule has 60 valence electrons. The first-order valence-corrected chi connectivity index (χ1v) is 2.92. The molecule has 5 heteroatoms. The molecule has 0 unspecified atom stereocenters. The molecule has 0 fully saturated rings. The van der Waals surface area contributed by atoms with Crippen LogP contribution in [0.15, 0.2) is 10.7 Å². The average Bonchev–Trinajstić information content (AvgIpc) is 2.50. The summed E-state index contributed by atoms with van der Waals surface area (Å²) < 4.78 is 8.88. The van der Waals surface area contributed by atoms with Gasteiger partial charge in [0.05, 0.1) is 25.5 Å². The quantitative estimate of drug-likeness (QED) is 0.609. The van der Waals surface area contributed by atoms with Crippen LogP contribution in [0.1, 0.15) is 16.1 Å². The van der Waals surface area contributed by atoms with Gasteiger partial charge in [-0.15, -0.1) is 0 Å². The van der Waals surface area contributed by atoms with Crippen LogP contribution in [0.25, 0.3) is 0 Å². The summed E-state index contributed by atoms with van der Waals surface area (Å²) in [4.78, 5) is 10.8. The summed E-state index contributed by atoms with van der Waals surface area (Å²) in [6.07, 6.45) is 1.27. The molecule has 0 radical (unpaired) electrons. The molecule has 0 spiro atoms. The molecular weight excluding hydrogens is 150 g/mol. The Morgan fingerprint density at radius 2 is 2.64 bits per heavy atom. The number of esters is 1. The van der Waals surface area contributed by atoms with E-state index in [1.807, 2.05) is 0 Å². The van der Waals surface area contributed by atoms with E-state index in [0.29, 0.717) is 5.56 Å². The summed E-state index contributed by atoms with van der Waals surface area (Å²) >= 11 is 0. The van der Waals surface area contributed by atoms with Gasteiger partial charge < -0.3 is 14.4 Å². The Morgan fingerprint density at radius 3 is 3.18 bits per heavy atom. The molecule has 0 bridgehead atoms. The summed E-state index contributed by atoms with van der Waals surface area (Å²) in [7, 11) is 1.23. The van der Waals surface area contributed by atoms with E-state index in [1.54, 1.807) is 0 Å². The van der Waals surface area contributed by atoms with Gasteiger partial charge in [0.1, 0.15) is 0 Å². The highest BCUT2D eigenvalue weighted by atomic mass is 16.5. The van der Waals surface area contributed by atoms with E-state index in [-0.39, 0.29) is 12.4 Å². The lowest BCUT2D eigenvalue weighted by molar-refractivity contribution is 0.0550. The molecule has 1 N–H and O–H groups in total. The normalized spacial score (nSPS) is 9.64. The topological polar surface area (TPSA) is 72.6 Å². The predicted molar refractivity (Wildman–Crippen MR) is 33.8 cm³/mol. The fourth-order valence-electron chi connectivity index (χ4n) is 0.634. The monoisotopic (exact) mass is 157 g/mol. The summed E-state index contributed by atoms with van der Waals surface area (Å²) in [5, 5.41) is 12.0. The predicted octanol–water partition coefficient (Wildman–Crippen LogP) is -0.0465. The number of nitrogens with zero attached hydrogens (tertiary/aromatic N) is 1. The first-order valence-electron chi connectivity index (χ1n) is 2.92. The molecule has 1 heterocycles. The van der Waals surface area contributed by atoms with Gasteiger partial charge in [-0.1, -0.05) is 5.16 Å². The number of carbonyl (C=O) groups is 1. The van der Waals surface area contributed by atoms with Gasteiger partial charge in [-0.25, -0.2) is 4.79 Å². The van der Waals surface area contributed by atoms with Crippen molar-refractivity contribution in [2.24, 2.45) is 0 Å². The highest BCUT2D eigenvalue weighted by Gasteiger charge is 2.15. The maximum absolute atomic E-state index is 10.8. The SMILES string of the molecule is COC(=O)c1oncc1CO. The van der Waals surface area contributed by atoms with E-state index in [0.717, 1.165) is 0 Å². The number of methoxy groups -OCH3 is 1. The summed E-state index contributed by atoms with van der Waals surface area (Å²) in [6, 6.07) is 0. The van der Waals surface area contributed by atoms with Crippen molar-refractivity contribution in [3.05, 3.63) is 17.5 Å². The lowest BCUT2D eigenvalue weighted by Crippen LogP contribution is -2.02. The van der Waals surface area contributed by atoms with Crippen LogP contribution >= 0.6 is 0 Å². The number of hydrogen-bond donors (Lipinski definition) is 1. The van der Waals surface area contributed by atoms with Crippen LogP contribution < -0.4 is 0 Å². The zero-order valence-electron chi connectivity index (χ0n) is 5.90. The Hall–Kier alpha value is -1.36. The van der Waals surface area contributed by atoms with Crippen molar-refractivity contribution in [2.45, 2.75) is 6.61 Å². The first-order chi connectivity index (χ1) is 5.29. The molecule has 0 saturated heterocycles. The van der Waals surface area contributed by atoms with Crippen LogP contribution in [-0.2, 0) is 11.3 Å². The van der Waals surface area contributed by atoms with Crippen LogP contribution in [0.4, 0.5) is 0 Å². The number of aliphatic hydroxyl groups is 1. The van der Waals surface area contributed by atoms with Gasteiger partial charge in [0, 0.05) is 0 Å². The highest BCUT2D eigenvalue weighted by molar-refractivity contribution is 5.87. The molecule has 0 aliphatic carbocycles. The van der Waals surface area contributed by atoms with Crippen LogP contribution in [0.5, 0.6) is 0 Å². The molecule has 0 aliphatic heterocycles. The molecule has 1 aromatic heterocycles. The van der Waals surface area contributed by atoms with Gasteiger partial charge >= 0.3 is 5.97 Å². The fourth-order valence-corrected chi connectivity index (χ4v) is 0.634. The lowest BCUT2D eigenvalue weighted by atomic mass is 10.3. The van der Waals surface area contributed by atoms with Crippen molar-refractivity contribution in [3.63, 3.8) is 0 Å². The minimum Gasteiger partial charge on any atom is -0.463 e. The van der Waals surface area contributed by atoms with Gasteiger partial charge in [0.15, 0.2) is 0 Å². The van der Waals surface area contributed by atoms with Gasteiger partial charge in [0.25, 0.3) is 0 Å². The Kier molecular flexibility index (Phi) is 2.22. The third-order valence-electron chi connectivity index (χ3n) is 1.19. The van der Waals surface area contributed by atoms with E-state index >= 15 is 0 Å². The number of ether oxygens (including phenoxy) is 1. The van der Waals surface area contributed by atoms with Crippen LogP contribution in [0.2, 0.25) is 0 Å². The van der Waals surface area contributed by atoms with Gasteiger partial charge in [-0.2, -0.15) is 0 Å². The Bertz CT molecular complexity index is 255. The Balaban J connectivity index is 2.92. The third-order valence-corrected chi connectivity index (χ3v) is 1.19. The van der Waals surface area contributed by atoms with E-state index in [2.05, 4.69) is 14.4 Å². The number of aromatic nitrogens is 1. The maximum Gasteiger partial charge on any atom is 0.377 e. The zero-order chi connectivity index (χ0) is 8.27. The first kappa shape index (κ1) is 7.74. The minimum atomic E-state index is -0.633. The van der Waals surface area contributed by atoms with Crippen molar-refractivity contribution in [3.8, 4) is 0 Å². The van der Waals surface area contributed by atoms with Crippen molar-refractivity contribution in [1.82, 2.24) is 5.16 Å². The largest absolute Gasteiger partial charge is 0.463 e. The molecule has 0 atom stereocenters. The van der Waals surface area contributed by atoms with E-state index in [1.165, 1.54) is 13.3 Å². The molecule has 1 aromatic rings. The van der Waals surface area contributed by atoms with E-state index in [9.17, 15) is 4.79 Å². The van der Waals surface area contributed by atoms with Crippen molar-refractivity contribution >= 4 is 5.97 Å². The second-order valence-electron chi connectivity index (χ2n) is 1.83. The van der Waals surface area contributed by atoms with Crippen LogP contribution in [0.3, 0.4) is 0 Å². The number of aliphatic hydroxyl groups excluding tert-OH is 1. The fraction of sp³-hybridized carbons (Fsp3) is 0.333. The van der Waals surface area contributed by atoms with Crippen molar-refractivity contribution < 1.29 is 19.2 Å². The summed E-state index contributed by atoms with van der Waals surface area (Å²) in [5.74, 6) is -0.679. The highest BCUT2D eigenvalue weighted by Crippen LogP contribution is 2.08. The second kappa shape index (κ2) is 3.16. The maximum atomic E-state index is 10.8. The molecule has 5 nitrogen and oxygen atoms in total. The zero-order valence-corrected chi connectivity index (χ0v) is 5.90. The van der Waals surface area contributed by atoms with Crippen molar-refractivity contribution in [1.29, 1.82) is 0 Å². The smallest absolute Gasteiger partial charge is 0.377 e. The summed E-state index contributed by atoms with van der Waals surface area (Å²) in [5.41, 5.74) is 0.330. The Labute approximate surface area is 62.6 Å². The lowest BCUT2D eigenvalue weighted by Gasteiger charge is -1.93. The molecular formula is C6H7NO4. The number of rotatable bonds is 2. The molecule has 0 aromatic carbocycles. The van der Waals surface area contributed by atoms with Crippen LogP contribution in [0, 0.1) is 0 Å². The van der Waals surface area contributed by atoms with Crippen molar-refractivity contribution in [2.75, 3.05) is 7.11 Å². The number of carbonyl (C=O) groups excluding carboxylic acids is 1. The summed E-state index contributed by atoms with van der Waals surface area (Å²) in [6.45, 7) is -0.284. The molecule has 11 heavy (non-hydrogen) atoms. The average molecular weight is 157 g/mol. The van der Waals surface area contributed by atoms with Crippen LogP contribution in [-0.4, -0.2) is 23.3 Å². The molecule has 0 amide bonds. The molecule has 0 saturated carbocycles. The standard InChI is InChI=1S/C6H7NO4/c1-10-6(9)5-4(3-8)2-7-11-5/h2,8H,3H2,1H3. The Morgan fingerprint density at radius 1 is 1.91 bits per heavy atom. The number of hydrogen-bond acceptors (Lipinski definition) is 5. The third kappa shape index (κ3) is 1.38.